The summed E-state index contributed by atoms with van der Waals surface area (Å²) in [7, 11) is 0. The van der Waals surface area contributed by atoms with Gasteiger partial charge in [0.1, 0.15) is 0 Å². The van der Waals surface area contributed by atoms with Gasteiger partial charge in [-0.15, -0.1) is 0 Å². The molecule has 0 unspecified atom stereocenters. The second-order valence-electron chi connectivity index (χ2n) is 11.6. The van der Waals surface area contributed by atoms with Gasteiger partial charge in [0.25, 0.3) is 0 Å². The van der Waals surface area contributed by atoms with Crippen molar-refractivity contribution in [3.8, 4) is 0 Å². The Kier molecular flexibility index (Phi) is 5.27. The number of amides is 1. The molecule has 3 nitrogen and oxygen atoms in total. The van der Waals surface area contributed by atoms with Crippen molar-refractivity contribution in [2.75, 3.05) is 0 Å². The highest BCUT2D eigenvalue weighted by molar-refractivity contribution is 5.91. The van der Waals surface area contributed by atoms with Gasteiger partial charge < -0.3 is 4.90 Å². The molecule has 0 saturated heterocycles. The average molecular weight is 400 g/mol. The van der Waals surface area contributed by atoms with E-state index >= 15 is 0 Å². The SMILES string of the molecule is CC(C)N(C(=O)[C@H]1CC[C@H]2[C@@H]3CCC4=CC(=O)CC[C@]4(C)[C@H]3CC[C@]12C)C(C)C. The molecule has 162 valence electrons. The molecule has 0 aliphatic heterocycles. The molecule has 3 saturated carbocycles. The van der Waals surface area contributed by atoms with E-state index in [2.05, 4.69) is 46.4 Å². The zero-order chi connectivity index (χ0) is 21.1. The number of carbonyl (C=O) groups is 2. The zero-order valence-corrected chi connectivity index (χ0v) is 19.5. The quantitative estimate of drug-likeness (QED) is 0.603. The Morgan fingerprint density at radius 3 is 2.31 bits per heavy atom. The van der Waals surface area contributed by atoms with Crippen LogP contribution in [0, 0.1) is 34.5 Å². The minimum atomic E-state index is 0.155. The summed E-state index contributed by atoms with van der Waals surface area (Å²) in [5.41, 5.74) is 1.82. The van der Waals surface area contributed by atoms with Crippen molar-refractivity contribution in [2.45, 2.75) is 105 Å². The molecule has 3 heteroatoms. The van der Waals surface area contributed by atoms with Crippen LogP contribution in [0.25, 0.3) is 0 Å². The van der Waals surface area contributed by atoms with Gasteiger partial charge in [0.15, 0.2) is 5.78 Å². The van der Waals surface area contributed by atoms with Gasteiger partial charge >= 0.3 is 0 Å². The van der Waals surface area contributed by atoms with E-state index in [9.17, 15) is 9.59 Å². The lowest BCUT2D eigenvalue weighted by molar-refractivity contribution is -0.146. The van der Waals surface area contributed by atoms with Crippen LogP contribution in [-0.4, -0.2) is 28.7 Å². The van der Waals surface area contributed by atoms with Crippen molar-refractivity contribution >= 4 is 11.7 Å². The molecule has 1 amide bonds. The topological polar surface area (TPSA) is 37.4 Å². The third kappa shape index (κ3) is 3.13. The highest BCUT2D eigenvalue weighted by Gasteiger charge is 2.60. The Morgan fingerprint density at radius 2 is 1.66 bits per heavy atom. The van der Waals surface area contributed by atoms with Crippen LogP contribution in [0.4, 0.5) is 0 Å². The first-order valence-electron chi connectivity index (χ1n) is 12.2. The highest BCUT2D eigenvalue weighted by atomic mass is 16.2. The van der Waals surface area contributed by atoms with Crippen molar-refractivity contribution in [3.63, 3.8) is 0 Å². The monoisotopic (exact) mass is 399 g/mol. The van der Waals surface area contributed by atoms with E-state index in [-0.39, 0.29) is 28.8 Å². The summed E-state index contributed by atoms with van der Waals surface area (Å²) < 4.78 is 0. The van der Waals surface area contributed by atoms with Crippen LogP contribution in [0.1, 0.15) is 92.9 Å². The molecule has 0 radical (unpaired) electrons. The number of nitrogens with zero attached hydrogens (tertiary/aromatic N) is 1. The van der Waals surface area contributed by atoms with Crippen LogP contribution < -0.4 is 0 Å². The molecular weight excluding hydrogens is 358 g/mol. The van der Waals surface area contributed by atoms with E-state index < -0.39 is 0 Å². The summed E-state index contributed by atoms with van der Waals surface area (Å²) in [5, 5.41) is 0. The number of hydrogen-bond acceptors (Lipinski definition) is 2. The molecule has 0 bridgehead atoms. The molecule has 4 aliphatic carbocycles. The molecular formula is C26H41NO2. The fourth-order valence-electron chi connectivity index (χ4n) is 8.25. The Hall–Kier alpha value is -1.12. The molecule has 6 atom stereocenters. The smallest absolute Gasteiger partial charge is 0.226 e. The van der Waals surface area contributed by atoms with Crippen LogP contribution >= 0.6 is 0 Å². The Balaban J connectivity index is 1.60. The molecule has 0 heterocycles. The summed E-state index contributed by atoms with van der Waals surface area (Å²) in [4.78, 5) is 27.8. The lowest BCUT2D eigenvalue weighted by Crippen LogP contribution is -2.53. The molecule has 0 aromatic rings. The highest BCUT2D eigenvalue weighted by Crippen LogP contribution is 2.66. The summed E-state index contributed by atoms with van der Waals surface area (Å²) in [6.07, 6.45) is 10.8. The van der Waals surface area contributed by atoms with Crippen molar-refractivity contribution in [1.82, 2.24) is 4.90 Å². The van der Waals surface area contributed by atoms with Gasteiger partial charge in [-0.05, 0) is 107 Å². The van der Waals surface area contributed by atoms with Crippen molar-refractivity contribution in [3.05, 3.63) is 11.6 Å². The number of fused-ring (bicyclic) bond motifs is 5. The summed E-state index contributed by atoms with van der Waals surface area (Å²) in [6.45, 7) is 13.5. The van der Waals surface area contributed by atoms with Crippen LogP contribution in [0.5, 0.6) is 0 Å². The average Bonchev–Trinajstić information content (AvgIpc) is 2.99. The van der Waals surface area contributed by atoms with E-state index in [4.69, 9.17) is 0 Å². The van der Waals surface area contributed by atoms with Crippen molar-refractivity contribution in [1.29, 1.82) is 0 Å². The van der Waals surface area contributed by atoms with Gasteiger partial charge in [-0.2, -0.15) is 0 Å². The van der Waals surface area contributed by atoms with Crippen LogP contribution in [-0.2, 0) is 9.59 Å². The van der Waals surface area contributed by atoms with E-state index in [1.165, 1.54) is 31.3 Å². The maximum absolute atomic E-state index is 13.7. The first-order chi connectivity index (χ1) is 13.6. The maximum atomic E-state index is 13.7. The van der Waals surface area contributed by atoms with Gasteiger partial charge in [0, 0.05) is 24.4 Å². The zero-order valence-electron chi connectivity index (χ0n) is 19.5. The number of ketones is 1. The summed E-state index contributed by atoms with van der Waals surface area (Å²) in [5.74, 6) is 3.04. The Labute approximate surface area is 177 Å². The minimum absolute atomic E-state index is 0.155. The number of hydrogen-bond donors (Lipinski definition) is 0. The molecule has 0 N–H and O–H groups in total. The second kappa shape index (κ2) is 7.24. The van der Waals surface area contributed by atoms with Gasteiger partial charge in [-0.3, -0.25) is 9.59 Å². The normalized spacial score (nSPS) is 41.7. The Bertz CT molecular complexity index is 714. The van der Waals surface area contributed by atoms with E-state index in [1.54, 1.807) is 0 Å². The van der Waals surface area contributed by atoms with Gasteiger partial charge in [0.05, 0.1) is 0 Å². The third-order valence-electron chi connectivity index (χ3n) is 9.63. The molecule has 4 aliphatic rings. The van der Waals surface area contributed by atoms with E-state index in [0.717, 1.165) is 31.6 Å². The second-order valence-corrected chi connectivity index (χ2v) is 11.6. The van der Waals surface area contributed by atoms with Crippen molar-refractivity contribution in [2.24, 2.45) is 34.5 Å². The van der Waals surface area contributed by atoms with Gasteiger partial charge in [0.2, 0.25) is 5.91 Å². The first-order valence-corrected chi connectivity index (χ1v) is 12.2. The van der Waals surface area contributed by atoms with Gasteiger partial charge in [-0.25, -0.2) is 0 Å². The molecule has 0 aromatic carbocycles. The third-order valence-corrected chi connectivity index (χ3v) is 9.63. The predicted octanol–water partition coefficient (Wildman–Crippen LogP) is 5.78. The predicted molar refractivity (Wildman–Crippen MR) is 117 cm³/mol. The minimum Gasteiger partial charge on any atom is -0.338 e. The van der Waals surface area contributed by atoms with Crippen molar-refractivity contribution < 1.29 is 9.59 Å². The lowest BCUT2D eigenvalue weighted by Gasteiger charge is -2.58. The van der Waals surface area contributed by atoms with Crippen LogP contribution in [0.15, 0.2) is 11.6 Å². The largest absolute Gasteiger partial charge is 0.338 e. The molecule has 29 heavy (non-hydrogen) atoms. The van der Waals surface area contributed by atoms with Gasteiger partial charge in [-0.1, -0.05) is 19.4 Å². The number of rotatable bonds is 3. The van der Waals surface area contributed by atoms with E-state index in [1.807, 2.05) is 6.08 Å². The fraction of sp³-hybridized carbons (Fsp3) is 0.846. The number of allylic oxidation sites excluding steroid dienone is 1. The first kappa shape index (κ1) is 21.1. The molecule has 4 rings (SSSR count). The maximum Gasteiger partial charge on any atom is 0.226 e. The lowest BCUT2D eigenvalue weighted by atomic mass is 9.47. The van der Waals surface area contributed by atoms with Crippen LogP contribution in [0.3, 0.4) is 0 Å². The summed E-state index contributed by atoms with van der Waals surface area (Å²) >= 11 is 0. The van der Waals surface area contributed by atoms with Crippen LogP contribution in [0.2, 0.25) is 0 Å². The fourth-order valence-corrected chi connectivity index (χ4v) is 8.25. The Morgan fingerprint density at radius 1 is 0.966 bits per heavy atom. The summed E-state index contributed by atoms with van der Waals surface area (Å²) in [6, 6.07) is 0.533. The molecule has 0 aromatic heterocycles. The van der Waals surface area contributed by atoms with E-state index in [0.29, 0.717) is 23.5 Å². The standard InChI is InChI=1S/C26H41NO2/c1-16(2)27(17(3)4)24(29)23-10-9-21-20-8-7-18-15-19(28)11-13-25(18,5)22(20)12-14-26(21,23)6/h15-17,20-23H,7-14H2,1-6H3/t20-,21-,22-,23+,25-,26-/m0/s1. The number of carbonyl (C=O) groups excluding carboxylic acids is 2. The molecule has 0 spiro atoms. The molecule has 3 fully saturated rings.